The Morgan fingerprint density at radius 3 is 2.11 bits per heavy atom. The summed E-state index contributed by atoms with van der Waals surface area (Å²) < 4.78 is 11.1. The maximum Gasteiger partial charge on any atom is 0.338 e. The highest BCUT2D eigenvalue weighted by molar-refractivity contribution is 5.99. The number of nitrogens with one attached hydrogen (secondary N) is 1. The predicted octanol–water partition coefficient (Wildman–Crippen LogP) is 4.91. The summed E-state index contributed by atoms with van der Waals surface area (Å²) in [6, 6.07) is 27.0. The quantitative estimate of drug-likeness (QED) is 0.186. The highest BCUT2D eigenvalue weighted by atomic mass is 16.6. The lowest BCUT2D eigenvalue weighted by molar-refractivity contribution is -0.384. The van der Waals surface area contributed by atoms with Crippen molar-refractivity contribution in [1.29, 1.82) is 0 Å². The van der Waals surface area contributed by atoms with Crippen LogP contribution in [0.4, 0.5) is 5.69 Å². The molecule has 0 amide bonds. The minimum absolute atomic E-state index is 0.00379. The van der Waals surface area contributed by atoms with Crippen molar-refractivity contribution in [3.8, 4) is 0 Å². The lowest BCUT2D eigenvalue weighted by Gasteiger charge is -2.43. The van der Waals surface area contributed by atoms with E-state index in [0.717, 1.165) is 25.9 Å². The van der Waals surface area contributed by atoms with E-state index >= 15 is 0 Å². The van der Waals surface area contributed by atoms with Gasteiger partial charge < -0.3 is 20.5 Å². The number of nitrogens with two attached hydrogens (primary N) is 1. The Morgan fingerprint density at radius 1 is 0.933 bits per heavy atom. The van der Waals surface area contributed by atoms with Gasteiger partial charge in [0.25, 0.3) is 5.69 Å². The van der Waals surface area contributed by atoms with Crippen molar-refractivity contribution >= 4 is 17.6 Å². The smallest absolute Gasteiger partial charge is 0.338 e. The Hall–Kier alpha value is -4.96. The fraction of sp³-hybridized carbons (Fsp3) is 0.314. The van der Waals surface area contributed by atoms with Gasteiger partial charge in [-0.25, -0.2) is 9.59 Å². The van der Waals surface area contributed by atoms with E-state index in [2.05, 4.69) is 58.7 Å². The largest absolute Gasteiger partial charge is 0.463 e. The number of dihydropyridines is 1. The van der Waals surface area contributed by atoms with Crippen LogP contribution in [0.3, 0.4) is 0 Å². The molecule has 10 nitrogen and oxygen atoms in total. The van der Waals surface area contributed by atoms with E-state index < -0.39 is 22.8 Å². The first-order chi connectivity index (χ1) is 21.7. The van der Waals surface area contributed by atoms with E-state index in [1.807, 2.05) is 12.1 Å². The SMILES string of the molecule is CCOC(=O)C1=C(N)NC(C)=C(C(=O)OCCN2CCC(c3ccccc3)(c3ccccc3)CC2)C1c1cccc([N+](=O)[O-])c1. The van der Waals surface area contributed by atoms with Crippen LogP contribution in [-0.2, 0) is 24.5 Å². The molecule has 5 rings (SSSR count). The van der Waals surface area contributed by atoms with Gasteiger partial charge in [-0.05, 0) is 56.5 Å². The number of likely N-dealkylation sites (tertiary alicyclic amines) is 1. The van der Waals surface area contributed by atoms with Gasteiger partial charge in [-0.2, -0.15) is 0 Å². The summed E-state index contributed by atoms with van der Waals surface area (Å²) in [6.07, 6.45) is 1.84. The number of hydrogen-bond acceptors (Lipinski definition) is 9. The van der Waals surface area contributed by atoms with Crippen molar-refractivity contribution < 1.29 is 24.0 Å². The predicted molar refractivity (Wildman–Crippen MR) is 170 cm³/mol. The van der Waals surface area contributed by atoms with Crippen LogP contribution in [-0.4, -0.2) is 54.6 Å². The molecule has 0 radical (unpaired) electrons. The molecule has 234 valence electrons. The number of esters is 2. The minimum Gasteiger partial charge on any atom is -0.463 e. The van der Waals surface area contributed by atoms with Gasteiger partial charge in [-0.15, -0.1) is 0 Å². The zero-order chi connectivity index (χ0) is 32.0. The Kier molecular flexibility index (Phi) is 9.63. The molecule has 3 aromatic carbocycles. The van der Waals surface area contributed by atoms with Crippen LogP contribution in [0.15, 0.2) is 108 Å². The Labute approximate surface area is 262 Å². The van der Waals surface area contributed by atoms with Crippen molar-refractivity contribution in [3.63, 3.8) is 0 Å². The van der Waals surface area contributed by atoms with Gasteiger partial charge in [0.05, 0.1) is 28.6 Å². The van der Waals surface area contributed by atoms with E-state index in [4.69, 9.17) is 15.2 Å². The first-order valence-electron chi connectivity index (χ1n) is 15.1. The number of non-ortho nitro benzene ring substituents is 1. The molecular formula is C35H38N4O6. The fourth-order valence-electron chi connectivity index (χ4n) is 6.47. The molecule has 1 atom stereocenters. The number of ether oxygens (including phenoxy) is 2. The normalized spacial score (nSPS) is 18.2. The third kappa shape index (κ3) is 6.61. The average molecular weight is 611 g/mol. The van der Waals surface area contributed by atoms with E-state index in [0.29, 0.717) is 17.8 Å². The van der Waals surface area contributed by atoms with Gasteiger partial charge in [0, 0.05) is 29.8 Å². The number of rotatable bonds is 10. The van der Waals surface area contributed by atoms with Gasteiger partial charge in [0.1, 0.15) is 12.4 Å². The first kappa shape index (κ1) is 31.5. The lowest BCUT2D eigenvalue weighted by atomic mass is 9.68. The van der Waals surface area contributed by atoms with E-state index in [1.165, 1.54) is 29.3 Å². The standard InChI is InChI=1S/C35H38N4O6/c1-3-44-34(41)31-30(25-11-10-16-28(23-25)39(42)43)29(24(2)37-32(31)36)33(40)45-22-21-38-19-17-35(18-20-38,26-12-6-4-7-13-26)27-14-8-5-9-15-27/h4-16,23,30,37H,3,17-22,36H2,1-2H3. The third-order valence-corrected chi connectivity index (χ3v) is 8.73. The zero-order valence-corrected chi connectivity index (χ0v) is 25.5. The summed E-state index contributed by atoms with van der Waals surface area (Å²) >= 11 is 0. The fourth-order valence-corrected chi connectivity index (χ4v) is 6.47. The number of nitro groups is 1. The topological polar surface area (TPSA) is 137 Å². The molecule has 3 N–H and O–H groups in total. The minimum atomic E-state index is -1.01. The molecule has 1 fully saturated rings. The maximum absolute atomic E-state index is 13.7. The van der Waals surface area contributed by atoms with Crippen LogP contribution in [0.2, 0.25) is 0 Å². The van der Waals surface area contributed by atoms with Crippen molar-refractivity contribution in [2.45, 2.75) is 38.0 Å². The molecule has 45 heavy (non-hydrogen) atoms. The third-order valence-electron chi connectivity index (χ3n) is 8.73. The number of nitro benzene ring substituents is 1. The Balaban J connectivity index is 1.31. The molecule has 3 aromatic rings. The molecule has 0 spiro atoms. The molecule has 0 bridgehead atoms. The monoisotopic (exact) mass is 610 g/mol. The highest BCUT2D eigenvalue weighted by Gasteiger charge is 2.40. The lowest BCUT2D eigenvalue weighted by Crippen LogP contribution is -2.44. The molecule has 0 saturated carbocycles. The second kappa shape index (κ2) is 13.8. The number of hydrogen-bond donors (Lipinski definition) is 2. The molecule has 1 unspecified atom stereocenters. The molecular weight excluding hydrogens is 572 g/mol. The van der Waals surface area contributed by atoms with Crippen LogP contribution in [0.25, 0.3) is 0 Å². The van der Waals surface area contributed by atoms with Crippen molar-refractivity contribution in [3.05, 3.63) is 134 Å². The van der Waals surface area contributed by atoms with Crippen molar-refractivity contribution in [2.24, 2.45) is 5.73 Å². The van der Waals surface area contributed by atoms with Gasteiger partial charge >= 0.3 is 11.9 Å². The van der Waals surface area contributed by atoms with Gasteiger partial charge in [0.15, 0.2) is 0 Å². The van der Waals surface area contributed by atoms with Crippen molar-refractivity contribution in [2.75, 3.05) is 32.8 Å². The van der Waals surface area contributed by atoms with E-state index in [1.54, 1.807) is 19.9 Å². The van der Waals surface area contributed by atoms with Crippen LogP contribution in [0, 0.1) is 10.1 Å². The average Bonchev–Trinajstić information content (AvgIpc) is 3.05. The second-order valence-electron chi connectivity index (χ2n) is 11.3. The number of allylic oxidation sites excluding steroid dienone is 1. The molecule has 10 heteroatoms. The van der Waals surface area contributed by atoms with Crippen LogP contribution in [0.1, 0.15) is 49.3 Å². The number of piperidine rings is 1. The van der Waals surface area contributed by atoms with E-state index in [9.17, 15) is 19.7 Å². The molecule has 2 aliphatic heterocycles. The second-order valence-corrected chi connectivity index (χ2v) is 11.3. The summed E-state index contributed by atoms with van der Waals surface area (Å²) in [6.45, 7) is 5.73. The van der Waals surface area contributed by atoms with Gasteiger partial charge in [-0.1, -0.05) is 72.8 Å². The van der Waals surface area contributed by atoms with Crippen LogP contribution < -0.4 is 11.1 Å². The van der Waals surface area contributed by atoms with Crippen molar-refractivity contribution in [1.82, 2.24) is 10.2 Å². The van der Waals surface area contributed by atoms with Crippen LogP contribution in [0.5, 0.6) is 0 Å². The summed E-state index contributed by atoms with van der Waals surface area (Å²) in [5.41, 5.74) is 9.47. The number of nitrogens with zero attached hydrogens (tertiary/aromatic N) is 2. The molecule has 0 aromatic heterocycles. The van der Waals surface area contributed by atoms with Gasteiger partial charge in [-0.3, -0.25) is 15.0 Å². The molecule has 2 heterocycles. The van der Waals surface area contributed by atoms with Crippen LogP contribution >= 0.6 is 0 Å². The summed E-state index contributed by atoms with van der Waals surface area (Å²) in [5, 5.41) is 14.5. The molecule has 0 aliphatic carbocycles. The first-order valence-corrected chi connectivity index (χ1v) is 15.1. The number of carbonyl (C=O) groups excluding carboxylic acids is 2. The maximum atomic E-state index is 13.7. The molecule has 1 saturated heterocycles. The number of benzene rings is 3. The summed E-state index contributed by atoms with van der Waals surface area (Å²) in [5.74, 6) is -2.34. The van der Waals surface area contributed by atoms with E-state index in [-0.39, 0.29) is 41.3 Å². The van der Waals surface area contributed by atoms with Gasteiger partial charge in [0.2, 0.25) is 0 Å². The molecule has 2 aliphatic rings. The Bertz CT molecular complexity index is 1570. The zero-order valence-electron chi connectivity index (χ0n) is 25.5. The highest BCUT2D eigenvalue weighted by Crippen LogP contribution is 2.42. The number of carbonyl (C=O) groups is 2. The summed E-state index contributed by atoms with van der Waals surface area (Å²) in [4.78, 5) is 40.0. The Morgan fingerprint density at radius 2 is 1.53 bits per heavy atom. The summed E-state index contributed by atoms with van der Waals surface area (Å²) in [7, 11) is 0.